The third-order valence-corrected chi connectivity index (χ3v) is 2.25. The van der Waals surface area contributed by atoms with Crippen molar-refractivity contribution in [2.24, 2.45) is 7.05 Å². The molecule has 0 unspecified atom stereocenters. The molecule has 2 aromatic rings. The maximum atomic E-state index is 10.8. The summed E-state index contributed by atoms with van der Waals surface area (Å²) in [6.45, 7) is 0. The topological polar surface area (TPSA) is 55.1 Å². The monoisotopic (exact) mass is 202 g/mol. The molecule has 2 rings (SSSR count). The molecule has 0 amide bonds. The maximum Gasteiger partial charge on any atom is 0.153 e. The van der Waals surface area contributed by atoms with Crippen LogP contribution in [0.1, 0.15) is 10.4 Å². The van der Waals surface area contributed by atoms with Crippen LogP contribution in [-0.2, 0) is 7.05 Å². The molecule has 15 heavy (non-hydrogen) atoms. The Morgan fingerprint density at radius 3 is 2.80 bits per heavy atom. The van der Waals surface area contributed by atoms with Gasteiger partial charge in [-0.15, -0.1) is 0 Å². The van der Waals surface area contributed by atoms with E-state index in [1.165, 1.54) is 6.20 Å². The van der Waals surface area contributed by atoms with Crippen LogP contribution in [0.15, 0.2) is 30.5 Å². The predicted molar refractivity (Wildman–Crippen MR) is 55.7 cm³/mol. The lowest BCUT2D eigenvalue weighted by Gasteiger charge is -2.05. The normalized spacial score (nSPS) is 10.2. The molecule has 4 nitrogen and oxygen atoms in total. The molecule has 76 valence electrons. The van der Waals surface area contributed by atoms with E-state index >= 15 is 0 Å². The van der Waals surface area contributed by atoms with Gasteiger partial charge in [0.15, 0.2) is 6.29 Å². The minimum absolute atomic E-state index is 0.143. The summed E-state index contributed by atoms with van der Waals surface area (Å²) in [5.74, 6) is 0.143. The maximum absolute atomic E-state index is 10.8. The fourth-order valence-corrected chi connectivity index (χ4v) is 1.54. The van der Waals surface area contributed by atoms with E-state index in [0.717, 1.165) is 6.29 Å². The van der Waals surface area contributed by atoms with E-state index in [9.17, 15) is 9.90 Å². The van der Waals surface area contributed by atoms with Crippen LogP contribution in [0.4, 0.5) is 0 Å². The minimum Gasteiger partial charge on any atom is -0.507 e. The van der Waals surface area contributed by atoms with Gasteiger partial charge in [-0.2, -0.15) is 5.10 Å². The fraction of sp³-hybridized carbons (Fsp3) is 0.0909. The van der Waals surface area contributed by atoms with Gasteiger partial charge in [0.25, 0.3) is 0 Å². The summed E-state index contributed by atoms with van der Waals surface area (Å²) in [6, 6.07) is 6.86. The van der Waals surface area contributed by atoms with Crippen LogP contribution in [0.2, 0.25) is 0 Å². The van der Waals surface area contributed by atoms with E-state index in [1.54, 1.807) is 36.0 Å². The van der Waals surface area contributed by atoms with E-state index in [2.05, 4.69) is 5.10 Å². The van der Waals surface area contributed by atoms with Crippen molar-refractivity contribution < 1.29 is 9.90 Å². The second-order valence-corrected chi connectivity index (χ2v) is 3.21. The average molecular weight is 202 g/mol. The SMILES string of the molecule is Cn1ncc(C=O)c1-c1ccccc1O. The Bertz CT molecular complexity index is 503. The highest BCUT2D eigenvalue weighted by molar-refractivity contribution is 5.87. The molecule has 0 aliphatic heterocycles. The van der Waals surface area contributed by atoms with E-state index in [1.807, 2.05) is 0 Å². The molecule has 1 N–H and O–H groups in total. The smallest absolute Gasteiger partial charge is 0.153 e. The zero-order valence-corrected chi connectivity index (χ0v) is 8.21. The Balaban J connectivity index is 2.68. The highest BCUT2D eigenvalue weighted by atomic mass is 16.3. The molecule has 0 bridgehead atoms. The quantitative estimate of drug-likeness (QED) is 0.752. The number of aldehydes is 1. The number of phenols is 1. The zero-order chi connectivity index (χ0) is 10.8. The van der Waals surface area contributed by atoms with Crippen molar-refractivity contribution in [3.63, 3.8) is 0 Å². The van der Waals surface area contributed by atoms with Crippen LogP contribution >= 0.6 is 0 Å². The molecular formula is C11H10N2O2. The molecule has 0 saturated carbocycles. The minimum atomic E-state index is 0.143. The summed E-state index contributed by atoms with van der Waals surface area (Å²) in [5, 5.41) is 13.6. The number of nitrogens with zero attached hydrogens (tertiary/aromatic N) is 2. The number of aromatic nitrogens is 2. The summed E-state index contributed by atoms with van der Waals surface area (Å²) < 4.78 is 1.57. The summed E-state index contributed by atoms with van der Waals surface area (Å²) in [4.78, 5) is 10.8. The molecule has 1 heterocycles. The summed E-state index contributed by atoms with van der Waals surface area (Å²) >= 11 is 0. The van der Waals surface area contributed by atoms with Crippen LogP contribution in [0.25, 0.3) is 11.3 Å². The second-order valence-electron chi connectivity index (χ2n) is 3.21. The zero-order valence-electron chi connectivity index (χ0n) is 8.21. The number of carbonyl (C=O) groups excluding carboxylic acids is 1. The summed E-state index contributed by atoms with van der Waals surface area (Å²) in [7, 11) is 1.73. The number of benzene rings is 1. The first-order chi connectivity index (χ1) is 7.24. The molecule has 4 heteroatoms. The molecular weight excluding hydrogens is 192 g/mol. The largest absolute Gasteiger partial charge is 0.507 e. The molecule has 0 saturated heterocycles. The van der Waals surface area contributed by atoms with Gasteiger partial charge in [0, 0.05) is 12.6 Å². The molecule has 0 atom stereocenters. The number of hydrogen-bond donors (Lipinski definition) is 1. The van der Waals surface area contributed by atoms with E-state index in [0.29, 0.717) is 16.8 Å². The van der Waals surface area contributed by atoms with Crippen molar-refractivity contribution in [3.05, 3.63) is 36.0 Å². The number of aryl methyl sites for hydroxylation is 1. The first kappa shape index (κ1) is 9.45. The van der Waals surface area contributed by atoms with E-state index in [-0.39, 0.29) is 5.75 Å². The third-order valence-electron chi connectivity index (χ3n) is 2.25. The summed E-state index contributed by atoms with van der Waals surface area (Å²) in [6.07, 6.45) is 2.21. The summed E-state index contributed by atoms with van der Waals surface area (Å²) in [5.41, 5.74) is 1.71. The first-order valence-electron chi connectivity index (χ1n) is 4.49. The standard InChI is InChI=1S/C11H10N2O2/c1-13-11(8(7-14)6-12-13)9-4-2-3-5-10(9)15/h2-7,15H,1H3. The number of carbonyl (C=O) groups is 1. The van der Waals surface area contributed by atoms with Gasteiger partial charge in [-0.05, 0) is 12.1 Å². The average Bonchev–Trinajstić information content (AvgIpc) is 2.60. The molecule has 0 aliphatic carbocycles. The van der Waals surface area contributed by atoms with Crippen LogP contribution in [-0.4, -0.2) is 21.2 Å². The van der Waals surface area contributed by atoms with Gasteiger partial charge in [0.2, 0.25) is 0 Å². The second kappa shape index (κ2) is 3.57. The Morgan fingerprint density at radius 1 is 1.40 bits per heavy atom. The molecule has 0 radical (unpaired) electrons. The van der Waals surface area contributed by atoms with Crippen molar-refractivity contribution >= 4 is 6.29 Å². The predicted octanol–water partition coefficient (Wildman–Crippen LogP) is 1.61. The van der Waals surface area contributed by atoms with Gasteiger partial charge in [0.1, 0.15) is 5.75 Å². The molecule has 0 spiro atoms. The van der Waals surface area contributed by atoms with Crippen molar-refractivity contribution in [2.75, 3.05) is 0 Å². The first-order valence-corrected chi connectivity index (χ1v) is 4.49. The van der Waals surface area contributed by atoms with Gasteiger partial charge >= 0.3 is 0 Å². The number of phenolic OH excluding ortho intramolecular Hbond substituents is 1. The Hall–Kier alpha value is -2.10. The molecule has 1 aromatic heterocycles. The van der Waals surface area contributed by atoms with Gasteiger partial charge in [-0.1, -0.05) is 12.1 Å². The van der Waals surface area contributed by atoms with Crippen LogP contribution in [0.3, 0.4) is 0 Å². The lowest BCUT2D eigenvalue weighted by atomic mass is 10.1. The Labute approximate surface area is 86.8 Å². The van der Waals surface area contributed by atoms with Crippen molar-refractivity contribution in [3.8, 4) is 17.0 Å². The van der Waals surface area contributed by atoms with Gasteiger partial charge in [0.05, 0.1) is 17.5 Å². The Morgan fingerprint density at radius 2 is 2.13 bits per heavy atom. The van der Waals surface area contributed by atoms with Crippen molar-refractivity contribution in [1.29, 1.82) is 0 Å². The van der Waals surface area contributed by atoms with E-state index in [4.69, 9.17) is 0 Å². The Kier molecular flexibility index (Phi) is 2.25. The third kappa shape index (κ3) is 1.50. The molecule has 0 fully saturated rings. The number of rotatable bonds is 2. The fourth-order valence-electron chi connectivity index (χ4n) is 1.54. The van der Waals surface area contributed by atoms with Crippen LogP contribution in [0, 0.1) is 0 Å². The number of aromatic hydroxyl groups is 1. The lowest BCUT2D eigenvalue weighted by Crippen LogP contribution is -1.95. The molecule has 0 aliphatic rings. The number of para-hydroxylation sites is 1. The van der Waals surface area contributed by atoms with Crippen LogP contribution in [0.5, 0.6) is 5.75 Å². The van der Waals surface area contributed by atoms with Gasteiger partial charge in [-0.25, -0.2) is 0 Å². The van der Waals surface area contributed by atoms with Gasteiger partial charge in [-0.3, -0.25) is 9.48 Å². The van der Waals surface area contributed by atoms with Gasteiger partial charge < -0.3 is 5.11 Å². The van der Waals surface area contributed by atoms with E-state index < -0.39 is 0 Å². The van der Waals surface area contributed by atoms with Crippen molar-refractivity contribution in [2.45, 2.75) is 0 Å². The highest BCUT2D eigenvalue weighted by Crippen LogP contribution is 2.29. The number of hydrogen-bond acceptors (Lipinski definition) is 3. The van der Waals surface area contributed by atoms with Crippen LogP contribution < -0.4 is 0 Å². The lowest BCUT2D eigenvalue weighted by molar-refractivity contribution is 0.112. The molecule has 1 aromatic carbocycles. The highest BCUT2D eigenvalue weighted by Gasteiger charge is 2.12. The van der Waals surface area contributed by atoms with Crippen molar-refractivity contribution in [1.82, 2.24) is 9.78 Å².